The third-order valence-corrected chi connectivity index (χ3v) is 3.34. The fourth-order valence-electron chi connectivity index (χ4n) is 1.23. The van der Waals surface area contributed by atoms with Crippen molar-refractivity contribution in [1.29, 1.82) is 5.26 Å². The standard InChI is InChI=1S/C11H8BrN3S/c12-11-3-9(2-1-8(11)4-13)14-5-10-6-16-7-15-10/h1-3,6-7,14H,5H2. The summed E-state index contributed by atoms with van der Waals surface area (Å²) in [5, 5.41) is 14.0. The second-order valence-corrected chi connectivity index (χ2v) is 4.71. The minimum atomic E-state index is 0.638. The van der Waals surface area contributed by atoms with Crippen LogP contribution in [0.15, 0.2) is 33.6 Å². The van der Waals surface area contributed by atoms with Gasteiger partial charge in [-0.3, -0.25) is 0 Å². The van der Waals surface area contributed by atoms with Crippen LogP contribution in [0.4, 0.5) is 5.69 Å². The van der Waals surface area contributed by atoms with Gasteiger partial charge in [0.2, 0.25) is 0 Å². The first-order chi connectivity index (χ1) is 7.79. The minimum absolute atomic E-state index is 0.638. The molecule has 16 heavy (non-hydrogen) atoms. The summed E-state index contributed by atoms with van der Waals surface area (Å²) in [7, 11) is 0. The number of hydrogen-bond donors (Lipinski definition) is 1. The van der Waals surface area contributed by atoms with E-state index in [9.17, 15) is 0 Å². The number of nitrogens with zero attached hydrogens (tertiary/aromatic N) is 2. The van der Waals surface area contributed by atoms with Crippen molar-refractivity contribution in [1.82, 2.24) is 4.98 Å². The van der Waals surface area contributed by atoms with Crippen LogP contribution in [0.3, 0.4) is 0 Å². The maximum Gasteiger partial charge on any atom is 0.100 e. The highest BCUT2D eigenvalue weighted by molar-refractivity contribution is 9.10. The number of benzene rings is 1. The molecule has 80 valence electrons. The predicted molar refractivity (Wildman–Crippen MR) is 68.3 cm³/mol. The molecule has 1 N–H and O–H groups in total. The van der Waals surface area contributed by atoms with E-state index in [-0.39, 0.29) is 0 Å². The summed E-state index contributed by atoms with van der Waals surface area (Å²) >= 11 is 4.93. The number of aromatic nitrogens is 1. The van der Waals surface area contributed by atoms with Crippen LogP contribution in [0, 0.1) is 11.3 Å². The number of thiazole rings is 1. The lowest BCUT2D eigenvalue weighted by Gasteiger charge is -2.05. The summed E-state index contributed by atoms with van der Waals surface area (Å²) in [5.74, 6) is 0. The molecule has 3 nitrogen and oxygen atoms in total. The Balaban J connectivity index is 2.06. The summed E-state index contributed by atoms with van der Waals surface area (Å²) in [6.07, 6.45) is 0. The Hall–Kier alpha value is -1.38. The molecule has 0 unspecified atom stereocenters. The Morgan fingerprint density at radius 1 is 1.50 bits per heavy atom. The van der Waals surface area contributed by atoms with Gasteiger partial charge in [-0.05, 0) is 34.1 Å². The fraction of sp³-hybridized carbons (Fsp3) is 0.0909. The average Bonchev–Trinajstić information content (AvgIpc) is 2.79. The summed E-state index contributed by atoms with van der Waals surface area (Å²) in [5.41, 5.74) is 4.44. The third-order valence-electron chi connectivity index (χ3n) is 2.05. The zero-order valence-corrected chi connectivity index (χ0v) is 10.7. The predicted octanol–water partition coefficient (Wildman–Crippen LogP) is 3.39. The maximum absolute atomic E-state index is 8.78. The van der Waals surface area contributed by atoms with Crippen molar-refractivity contribution >= 4 is 33.0 Å². The summed E-state index contributed by atoms with van der Waals surface area (Å²) in [4.78, 5) is 4.18. The quantitative estimate of drug-likeness (QED) is 0.944. The number of hydrogen-bond acceptors (Lipinski definition) is 4. The molecular formula is C11H8BrN3S. The van der Waals surface area contributed by atoms with Crippen molar-refractivity contribution in [2.24, 2.45) is 0 Å². The lowest BCUT2D eigenvalue weighted by molar-refractivity contribution is 1.07. The second-order valence-electron chi connectivity index (χ2n) is 3.14. The highest BCUT2D eigenvalue weighted by Crippen LogP contribution is 2.21. The van der Waals surface area contributed by atoms with Crippen molar-refractivity contribution in [2.75, 3.05) is 5.32 Å². The molecule has 0 saturated heterocycles. The third kappa shape index (κ3) is 2.60. The van der Waals surface area contributed by atoms with Crippen LogP contribution >= 0.6 is 27.3 Å². The topological polar surface area (TPSA) is 48.7 Å². The summed E-state index contributed by atoms with van der Waals surface area (Å²) in [6, 6.07) is 7.67. The summed E-state index contributed by atoms with van der Waals surface area (Å²) in [6.45, 7) is 0.696. The van der Waals surface area contributed by atoms with Gasteiger partial charge >= 0.3 is 0 Å². The van der Waals surface area contributed by atoms with E-state index in [1.54, 1.807) is 17.4 Å². The van der Waals surface area contributed by atoms with Crippen molar-refractivity contribution < 1.29 is 0 Å². The van der Waals surface area contributed by atoms with Gasteiger partial charge in [0.25, 0.3) is 0 Å². The Bertz CT molecular complexity index is 517. The molecule has 0 amide bonds. The number of nitrogens with one attached hydrogen (secondary N) is 1. The van der Waals surface area contributed by atoms with E-state index in [0.29, 0.717) is 12.1 Å². The Morgan fingerprint density at radius 2 is 2.38 bits per heavy atom. The first kappa shape index (κ1) is 11.1. The van der Waals surface area contributed by atoms with Gasteiger partial charge in [0.1, 0.15) is 6.07 Å². The van der Waals surface area contributed by atoms with E-state index in [1.165, 1.54) is 0 Å². The first-order valence-electron chi connectivity index (χ1n) is 4.60. The average molecular weight is 294 g/mol. The van der Waals surface area contributed by atoms with Gasteiger partial charge in [-0.15, -0.1) is 11.3 Å². The minimum Gasteiger partial charge on any atom is -0.379 e. The van der Waals surface area contributed by atoms with Crippen LogP contribution in [0.1, 0.15) is 11.3 Å². The maximum atomic E-state index is 8.78. The van der Waals surface area contributed by atoms with E-state index in [4.69, 9.17) is 5.26 Å². The van der Waals surface area contributed by atoms with Crippen LogP contribution < -0.4 is 5.32 Å². The molecule has 0 spiro atoms. The van der Waals surface area contributed by atoms with Gasteiger partial charge in [0, 0.05) is 15.5 Å². The molecule has 0 aliphatic rings. The van der Waals surface area contributed by atoms with Crippen LogP contribution in [0.5, 0.6) is 0 Å². The zero-order valence-electron chi connectivity index (χ0n) is 8.27. The van der Waals surface area contributed by atoms with Gasteiger partial charge < -0.3 is 5.32 Å². The zero-order chi connectivity index (χ0) is 11.4. The molecule has 1 aromatic heterocycles. The second kappa shape index (κ2) is 5.10. The number of rotatable bonds is 3. The van der Waals surface area contributed by atoms with Gasteiger partial charge in [0.15, 0.2) is 0 Å². The van der Waals surface area contributed by atoms with E-state index >= 15 is 0 Å². The highest BCUT2D eigenvalue weighted by Gasteiger charge is 2.00. The van der Waals surface area contributed by atoms with E-state index in [0.717, 1.165) is 15.9 Å². The number of anilines is 1. The van der Waals surface area contributed by atoms with Gasteiger partial charge in [-0.2, -0.15) is 5.26 Å². The molecule has 0 aliphatic heterocycles. The lowest BCUT2D eigenvalue weighted by atomic mass is 10.2. The fourth-order valence-corrected chi connectivity index (χ4v) is 2.26. The number of nitriles is 1. The lowest BCUT2D eigenvalue weighted by Crippen LogP contribution is -1.99. The van der Waals surface area contributed by atoms with E-state index in [2.05, 4.69) is 32.3 Å². The van der Waals surface area contributed by atoms with Gasteiger partial charge in [-0.25, -0.2) is 4.98 Å². The molecule has 2 aromatic rings. The van der Waals surface area contributed by atoms with Crippen molar-refractivity contribution in [3.63, 3.8) is 0 Å². The molecule has 2 rings (SSSR count). The largest absolute Gasteiger partial charge is 0.379 e. The smallest absolute Gasteiger partial charge is 0.100 e. The van der Waals surface area contributed by atoms with Crippen LogP contribution in [-0.4, -0.2) is 4.98 Å². The van der Waals surface area contributed by atoms with Gasteiger partial charge in [0.05, 0.1) is 23.3 Å². The molecule has 0 radical (unpaired) electrons. The monoisotopic (exact) mass is 293 g/mol. The van der Waals surface area contributed by atoms with Crippen molar-refractivity contribution in [3.05, 3.63) is 44.8 Å². The highest BCUT2D eigenvalue weighted by atomic mass is 79.9. The Labute approximate surface area is 106 Å². The Morgan fingerprint density at radius 3 is 3.00 bits per heavy atom. The van der Waals surface area contributed by atoms with Crippen LogP contribution in [0.25, 0.3) is 0 Å². The molecule has 0 bridgehead atoms. The molecular weight excluding hydrogens is 286 g/mol. The van der Waals surface area contributed by atoms with Crippen LogP contribution in [0.2, 0.25) is 0 Å². The molecule has 1 aromatic carbocycles. The summed E-state index contributed by atoms with van der Waals surface area (Å²) < 4.78 is 0.804. The Kier molecular flexibility index (Phi) is 3.54. The van der Waals surface area contributed by atoms with E-state index < -0.39 is 0 Å². The van der Waals surface area contributed by atoms with E-state index in [1.807, 2.05) is 23.0 Å². The van der Waals surface area contributed by atoms with Crippen LogP contribution in [-0.2, 0) is 6.54 Å². The van der Waals surface area contributed by atoms with Crippen molar-refractivity contribution in [2.45, 2.75) is 6.54 Å². The molecule has 5 heteroatoms. The SMILES string of the molecule is N#Cc1ccc(NCc2cscn2)cc1Br. The normalized spacial score (nSPS) is 9.75. The molecule has 0 atom stereocenters. The molecule has 0 fully saturated rings. The van der Waals surface area contributed by atoms with Crippen molar-refractivity contribution in [3.8, 4) is 6.07 Å². The first-order valence-corrected chi connectivity index (χ1v) is 6.34. The molecule has 1 heterocycles. The van der Waals surface area contributed by atoms with Gasteiger partial charge in [-0.1, -0.05) is 0 Å². The molecule has 0 saturated carbocycles. The molecule has 0 aliphatic carbocycles. The number of halogens is 1.